The molecule has 5 heteroatoms. The van der Waals surface area contributed by atoms with E-state index in [0.29, 0.717) is 28.1 Å². The van der Waals surface area contributed by atoms with Gasteiger partial charge in [0.1, 0.15) is 17.2 Å². The van der Waals surface area contributed by atoms with Gasteiger partial charge in [0.2, 0.25) is 0 Å². The molecule has 0 aliphatic carbocycles. The van der Waals surface area contributed by atoms with Gasteiger partial charge in [0.05, 0.1) is 19.3 Å². The highest BCUT2D eigenvalue weighted by molar-refractivity contribution is 9.10. The van der Waals surface area contributed by atoms with Crippen LogP contribution < -0.4 is 9.47 Å². The number of phenols is 1. The van der Waals surface area contributed by atoms with Crippen molar-refractivity contribution >= 4 is 21.7 Å². The zero-order valence-corrected chi connectivity index (χ0v) is 14.0. The van der Waals surface area contributed by atoms with Gasteiger partial charge in [-0.2, -0.15) is 0 Å². The molecule has 0 unspecified atom stereocenters. The van der Waals surface area contributed by atoms with Gasteiger partial charge in [-0.25, -0.2) is 0 Å². The number of carbonyl (C=O) groups is 1. The monoisotopic (exact) mass is 364 g/mol. The predicted molar refractivity (Wildman–Crippen MR) is 88.0 cm³/mol. The van der Waals surface area contributed by atoms with Crippen molar-refractivity contribution in [2.24, 2.45) is 0 Å². The second-order valence-electron chi connectivity index (χ2n) is 4.70. The molecule has 22 heavy (non-hydrogen) atoms. The van der Waals surface area contributed by atoms with E-state index in [4.69, 9.17) is 9.47 Å². The summed E-state index contributed by atoms with van der Waals surface area (Å²) in [5, 5.41) is 10.0. The van der Waals surface area contributed by atoms with Gasteiger partial charge in [-0.3, -0.25) is 4.79 Å². The summed E-state index contributed by atoms with van der Waals surface area (Å²) in [6, 6.07) is 9.83. The van der Waals surface area contributed by atoms with E-state index >= 15 is 0 Å². The van der Waals surface area contributed by atoms with Crippen molar-refractivity contribution in [3.8, 4) is 17.2 Å². The van der Waals surface area contributed by atoms with Crippen LogP contribution in [0.1, 0.15) is 29.3 Å². The molecule has 116 valence electrons. The van der Waals surface area contributed by atoms with Crippen molar-refractivity contribution in [1.29, 1.82) is 0 Å². The summed E-state index contributed by atoms with van der Waals surface area (Å²) in [5.74, 6) is 0.722. The normalized spacial score (nSPS) is 10.3. The second kappa shape index (κ2) is 7.31. The maximum absolute atomic E-state index is 12.6. The Labute approximate surface area is 137 Å². The van der Waals surface area contributed by atoms with Gasteiger partial charge in [0.15, 0.2) is 5.78 Å². The molecule has 1 N–H and O–H groups in total. The van der Waals surface area contributed by atoms with Crippen molar-refractivity contribution in [3.05, 3.63) is 52.0 Å². The van der Waals surface area contributed by atoms with Gasteiger partial charge in [-0.15, -0.1) is 0 Å². The molecule has 0 aromatic heterocycles. The molecule has 2 aromatic rings. The number of halogens is 1. The number of aromatic hydroxyl groups is 1. The zero-order valence-electron chi connectivity index (χ0n) is 12.4. The number of phenolic OH excluding ortho intramolecular Hbond substituents is 1. The zero-order chi connectivity index (χ0) is 16.1. The summed E-state index contributed by atoms with van der Waals surface area (Å²) in [4.78, 5) is 12.6. The maximum Gasteiger partial charge on any atom is 0.198 e. The fourth-order valence-corrected chi connectivity index (χ4v) is 2.39. The van der Waals surface area contributed by atoms with Gasteiger partial charge in [0, 0.05) is 16.1 Å². The lowest BCUT2D eigenvalue weighted by Gasteiger charge is -2.10. The Bertz CT molecular complexity index is 682. The molecule has 0 spiro atoms. The number of carbonyl (C=O) groups excluding carboxylic acids is 1. The second-order valence-corrected chi connectivity index (χ2v) is 5.56. The largest absolute Gasteiger partial charge is 0.507 e. The maximum atomic E-state index is 12.6. The van der Waals surface area contributed by atoms with Crippen LogP contribution in [-0.4, -0.2) is 24.6 Å². The van der Waals surface area contributed by atoms with E-state index in [2.05, 4.69) is 15.9 Å². The highest BCUT2D eigenvalue weighted by Crippen LogP contribution is 2.30. The molecule has 0 saturated heterocycles. The Balaban J connectivity index is 2.36. The SMILES string of the molecule is CCCOc1ccc(Br)c(C(=O)c2ccc(OC)cc2O)c1. The number of ether oxygens (including phenoxy) is 2. The molecule has 0 atom stereocenters. The van der Waals surface area contributed by atoms with E-state index in [1.54, 1.807) is 30.3 Å². The molecule has 0 heterocycles. The standard InChI is InChI=1S/C17H17BrO4/c1-3-8-22-12-5-7-15(18)14(9-12)17(20)13-6-4-11(21-2)10-16(13)19/h4-7,9-10,19H,3,8H2,1-2H3. The molecular weight excluding hydrogens is 348 g/mol. The van der Waals surface area contributed by atoms with Crippen LogP contribution in [0.2, 0.25) is 0 Å². The molecule has 0 amide bonds. The number of hydrogen-bond acceptors (Lipinski definition) is 4. The number of rotatable bonds is 6. The van der Waals surface area contributed by atoms with Crippen LogP contribution in [0.3, 0.4) is 0 Å². The van der Waals surface area contributed by atoms with Crippen LogP contribution in [-0.2, 0) is 0 Å². The molecule has 2 rings (SSSR count). The molecular formula is C17H17BrO4. The third-order valence-electron chi connectivity index (χ3n) is 3.10. The molecule has 0 bridgehead atoms. The summed E-state index contributed by atoms with van der Waals surface area (Å²) in [5.41, 5.74) is 0.656. The van der Waals surface area contributed by atoms with E-state index in [1.807, 2.05) is 6.92 Å². The molecule has 0 fully saturated rings. The number of methoxy groups -OCH3 is 1. The van der Waals surface area contributed by atoms with Crippen molar-refractivity contribution in [3.63, 3.8) is 0 Å². The van der Waals surface area contributed by atoms with Gasteiger partial charge in [-0.1, -0.05) is 22.9 Å². The van der Waals surface area contributed by atoms with E-state index in [-0.39, 0.29) is 17.1 Å². The molecule has 0 aliphatic rings. The van der Waals surface area contributed by atoms with Gasteiger partial charge >= 0.3 is 0 Å². The van der Waals surface area contributed by atoms with E-state index in [0.717, 1.165) is 6.42 Å². The first kappa shape index (κ1) is 16.4. The van der Waals surface area contributed by atoms with Crippen molar-refractivity contribution in [2.45, 2.75) is 13.3 Å². The van der Waals surface area contributed by atoms with Crippen LogP contribution in [0.15, 0.2) is 40.9 Å². The first-order valence-corrected chi connectivity index (χ1v) is 7.70. The van der Waals surface area contributed by atoms with Gasteiger partial charge in [-0.05, 0) is 36.8 Å². The summed E-state index contributed by atoms with van der Waals surface area (Å²) in [7, 11) is 1.50. The van der Waals surface area contributed by atoms with E-state index in [9.17, 15) is 9.90 Å². The van der Waals surface area contributed by atoms with Gasteiger partial charge in [0.25, 0.3) is 0 Å². The van der Waals surface area contributed by atoms with Crippen molar-refractivity contribution < 1.29 is 19.4 Å². The molecule has 4 nitrogen and oxygen atoms in total. The van der Waals surface area contributed by atoms with Crippen LogP contribution in [0.25, 0.3) is 0 Å². The Kier molecular flexibility index (Phi) is 5.44. The van der Waals surface area contributed by atoms with Crippen LogP contribution in [0.5, 0.6) is 17.2 Å². The molecule has 0 aliphatic heterocycles. The first-order valence-electron chi connectivity index (χ1n) is 6.91. The summed E-state index contributed by atoms with van der Waals surface area (Å²) in [6.07, 6.45) is 0.888. The minimum atomic E-state index is -0.283. The van der Waals surface area contributed by atoms with Crippen molar-refractivity contribution in [1.82, 2.24) is 0 Å². The quantitative estimate of drug-likeness (QED) is 0.781. The van der Waals surface area contributed by atoms with Crippen LogP contribution in [0.4, 0.5) is 0 Å². The number of hydrogen-bond donors (Lipinski definition) is 1. The summed E-state index contributed by atoms with van der Waals surface area (Å²) >= 11 is 3.37. The van der Waals surface area contributed by atoms with Gasteiger partial charge < -0.3 is 14.6 Å². The predicted octanol–water partition coefficient (Wildman–Crippen LogP) is 4.18. The molecule has 2 aromatic carbocycles. The number of benzene rings is 2. The minimum absolute atomic E-state index is 0.115. The first-order chi connectivity index (χ1) is 10.6. The average Bonchev–Trinajstić information content (AvgIpc) is 2.53. The van der Waals surface area contributed by atoms with Crippen LogP contribution >= 0.6 is 15.9 Å². The van der Waals surface area contributed by atoms with E-state index in [1.165, 1.54) is 13.2 Å². The van der Waals surface area contributed by atoms with Crippen molar-refractivity contribution in [2.75, 3.05) is 13.7 Å². The smallest absolute Gasteiger partial charge is 0.198 e. The number of ketones is 1. The average molecular weight is 365 g/mol. The third-order valence-corrected chi connectivity index (χ3v) is 3.80. The fraction of sp³-hybridized carbons (Fsp3) is 0.235. The Morgan fingerprint density at radius 1 is 1.14 bits per heavy atom. The Morgan fingerprint density at radius 2 is 1.86 bits per heavy atom. The highest BCUT2D eigenvalue weighted by atomic mass is 79.9. The Hall–Kier alpha value is -2.01. The lowest BCUT2D eigenvalue weighted by Crippen LogP contribution is -2.04. The summed E-state index contributed by atoms with van der Waals surface area (Å²) < 4.78 is 11.2. The van der Waals surface area contributed by atoms with E-state index < -0.39 is 0 Å². The fourth-order valence-electron chi connectivity index (χ4n) is 1.96. The Morgan fingerprint density at radius 3 is 2.50 bits per heavy atom. The molecule has 0 saturated carbocycles. The minimum Gasteiger partial charge on any atom is -0.507 e. The highest BCUT2D eigenvalue weighted by Gasteiger charge is 2.17. The van der Waals surface area contributed by atoms with Crippen LogP contribution in [0, 0.1) is 0 Å². The summed E-state index contributed by atoms with van der Waals surface area (Å²) in [6.45, 7) is 2.60. The lowest BCUT2D eigenvalue weighted by molar-refractivity contribution is 0.103. The third kappa shape index (κ3) is 3.60. The lowest BCUT2D eigenvalue weighted by atomic mass is 10.0. The topological polar surface area (TPSA) is 55.8 Å². The molecule has 0 radical (unpaired) electrons.